The van der Waals surface area contributed by atoms with Crippen molar-refractivity contribution in [3.8, 4) is 5.75 Å². The first kappa shape index (κ1) is 18.7. The molecule has 2 N–H and O–H groups in total. The van der Waals surface area contributed by atoms with E-state index in [0.29, 0.717) is 6.54 Å². The molecule has 0 saturated carbocycles. The summed E-state index contributed by atoms with van der Waals surface area (Å²) < 4.78 is 5.20. The molecule has 24 heavy (non-hydrogen) atoms. The summed E-state index contributed by atoms with van der Waals surface area (Å²) in [5, 5.41) is 12.6. The Labute approximate surface area is 145 Å². The molecule has 134 valence electrons. The van der Waals surface area contributed by atoms with Crippen molar-refractivity contribution in [2.24, 2.45) is 5.41 Å². The van der Waals surface area contributed by atoms with Gasteiger partial charge in [-0.25, -0.2) is 0 Å². The number of likely N-dealkylation sites (tertiary alicyclic amines) is 1. The van der Waals surface area contributed by atoms with Crippen LogP contribution in [0.15, 0.2) is 24.3 Å². The molecule has 5 heteroatoms. The van der Waals surface area contributed by atoms with Crippen molar-refractivity contribution >= 4 is 5.91 Å². The molecule has 0 aromatic heterocycles. The highest BCUT2D eigenvalue weighted by Crippen LogP contribution is 2.34. The summed E-state index contributed by atoms with van der Waals surface area (Å²) in [4.78, 5) is 14.6. The third kappa shape index (κ3) is 4.48. The zero-order valence-corrected chi connectivity index (χ0v) is 15.0. The Morgan fingerprint density at radius 3 is 2.71 bits per heavy atom. The quantitative estimate of drug-likeness (QED) is 0.802. The number of rotatable bonds is 7. The summed E-state index contributed by atoms with van der Waals surface area (Å²) >= 11 is 0. The SMILES string of the molecule is CCC1(CO)CCN(C(C)C(=O)NCc2cccc(OC)c2)CC1. The average molecular weight is 334 g/mol. The van der Waals surface area contributed by atoms with Gasteiger partial charge >= 0.3 is 0 Å². The maximum atomic E-state index is 12.4. The Morgan fingerprint density at radius 2 is 2.12 bits per heavy atom. The lowest BCUT2D eigenvalue weighted by Gasteiger charge is -2.42. The molecule has 1 aliphatic heterocycles. The summed E-state index contributed by atoms with van der Waals surface area (Å²) in [5.41, 5.74) is 1.08. The predicted octanol–water partition coefficient (Wildman–Crippen LogP) is 2.18. The molecule has 1 amide bonds. The Hall–Kier alpha value is -1.59. The highest BCUT2D eigenvalue weighted by molar-refractivity contribution is 5.81. The summed E-state index contributed by atoms with van der Waals surface area (Å²) in [5.74, 6) is 0.844. The minimum Gasteiger partial charge on any atom is -0.497 e. The fourth-order valence-electron chi connectivity index (χ4n) is 3.29. The van der Waals surface area contributed by atoms with E-state index < -0.39 is 0 Å². The maximum absolute atomic E-state index is 12.4. The molecule has 1 heterocycles. The molecule has 5 nitrogen and oxygen atoms in total. The van der Waals surface area contributed by atoms with E-state index in [1.807, 2.05) is 31.2 Å². The molecule has 0 aliphatic carbocycles. The van der Waals surface area contributed by atoms with Crippen LogP contribution >= 0.6 is 0 Å². The van der Waals surface area contributed by atoms with Gasteiger partial charge in [-0.2, -0.15) is 0 Å². The molecule has 1 aliphatic rings. The van der Waals surface area contributed by atoms with Gasteiger partial charge in [-0.15, -0.1) is 0 Å². The number of hydrogen-bond acceptors (Lipinski definition) is 4. The zero-order valence-electron chi connectivity index (χ0n) is 15.0. The fraction of sp³-hybridized carbons (Fsp3) is 0.632. The van der Waals surface area contributed by atoms with Gasteiger partial charge in [0, 0.05) is 13.2 Å². The number of aliphatic hydroxyl groups excluding tert-OH is 1. The minimum absolute atomic E-state index is 0.0471. The number of nitrogens with zero attached hydrogens (tertiary/aromatic N) is 1. The number of amides is 1. The lowest BCUT2D eigenvalue weighted by molar-refractivity contribution is -0.127. The van der Waals surface area contributed by atoms with Crippen LogP contribution < -0.4 is 10.1 Å². The van der Waals surface area contributed by atoms with Crippen molar-refractivity contribution in [1.82, 2.24) is 10.2 Å². The van der Waals surface area contributed by atoms with Gasteiger partial charge in [0.1, 0.15) is 5.75 Å². The van der Waals surface area contributed by atoms with Crippen molar-refractivity contribution < 1.29 is 14.6 Å². The Morgan fingerprint density at radius 1 is 1.42 bits per heavy atom. The van der Waals surface area contributed by atoms with Crippen molar-refractivity contribution in [3.05, 3.63) is 29.8 Å². The fourth-order valence-corrected chi connectivity index (χ4v) is 3.29. The van der Waals surface area contributed by atoms with Gasteiger partial charge in [-0.3, -0.25) is 9.69 Å². The highest BCUT2D eigenvalue weighted by Gasteiger charge is 2.35. The summed E-state index contributed by atoms with van der Waals surface area (Å²) in [6, 6.07) is 7.58. The Kier molecular flexibility index (Phi) is 6.63. The van der Waals surface area contributed by atoms with Crippen LogP contribution in [0.4, 0.5) is 0 Å². The summed E-state index contributed by atoms with van der Waals surface area (Å²) in [6.45, 7) is 6.57. The molecule has 0 spiro atoms. The van der Waals surface area contributed by atoms with Gasteiger partial charge in [0.2, 0.25) is 5.91 Å². The number of benzene rings is 1. The number of aliphatic hydroxyl groups is 1. The third-order valence-corrected chi connectivity index (χ3v) is 5.47. The van der Waals surface area contributed by atoms with Crippen molar-refractivity contribution in [1.29, 1.82) is 0 Å². The largest absolute Gasteiger partial charge is 0.497 e. The summed E-state index contributed by atoms with van der Waals surface area (Å²) in [6.07, 6.45) is 2.90. The lowest BCUT2D eigenvalue weighted by Crippen LogP contribution is -2.50. The molecule has 1 aromatic carbocycles. The van der Waals surface area contributed by atoms with E-state index in [1.54, 1.807) is 7.11 Å². The highest BCUT2D eigenvalue weighted by atomic mass is 16.5. The molecular weight excluding hydrogens is 304 g/mol. The van der Waals surface area contributed by atoms with E-state index in [4.69, 9.17) is 4.74 Å². The average Bonchev–Trinajstić information content (AvgIpc) is 2.65. The maximum Gasteiger partial charge on any atom is 0.237 e. The first-order valence-corrected chi connectivity index (χ1v) is 8.79. The van der Waals surface area contributed by atoms with Crippen molar-refractivity contribution in [2.75, 3.05) is 26.8 Å². The number of piperidine rings is 1. The van der Waals surface area contributed by atoms with Gasteiger partial charge in [0.05, 0.1) is 13.2 Å². The third-order valence-electron chi connectivity index (χ3n) is 5.47. The van der Waals surface area contributed by atoms with E-state index in [0.717, 1.165) is 43.7 Å². The van der Waals surface area contributed by atoms with Crippen molar-refractivity contribution in [3.63, 3.8) is 0 Å². The van der Waals surface area contributed by atoms with Crippen LogP contribution in [-0.2, 0) is 11.3 Å². The van der Waals surface area contributed by atoms with Gasteiger partial charge in [-0.1, -0.05) is 19.1 Å². The van der Waals surface area contributed by atoms with Crippen LogP contribution in [0, 0.1) is 5.41 Å². The predicted molar refractivity (Wildman–Crippen MR) is 94.9 cm³/mol. The minimum atomic E-state index is -0.149. The first-order valence-electron chi connectivity index (χ1n) is 8.79. The van der Waals surface area contributed by atoms with E-state index >= 15 is 0 Å². The molecule has 1 aromatic rings. The second kappa shape index (κ2) is 8.49. The number of nitrogens with one attached hydrogen (secondary N) is 1. The second-order valence-electron chi connectivity index (χ2n) is 6.79. The zero-order chi connectivity index (χ0) is 17.6. The Balaban J connectivity index is 1.84. The van der Waals surface area contributed by atoms with E-state index in [-0.39, 0.29) is 24.0 Å². The van der Waals surface area contributed by atoms with Crippen LogP contribution in [0.25, 0.3) is 0 Å². The molecule has 1 unspecified atom stereocenters. The smallest absolute Gasteiger partial charge is 0.237 e. The van der Waals surface area contributed by atoms with E-state index in [9.17, 15) is 9.90 Å². The molecule has 1 atom stereocenters. The number of methoxy groups -OCH3 is 1. The van der Waals surface area contributed by atoms with Crippen LogP contribution in [0.1, 0.15) is 38.7 Å². The van der Waals surface area contributed by atoms with E-state index in [1.165, 1.54) is 0 Å². The van der Waals surface area contributed by atoms with Gasteiger partial charge in [0.15, 0.2) is 0 Å². The normalized spacial score (nSPS) is 18.8. The number of hydrogen-bond donors (Lipinski definition) is 2. The first-order chi connectivity index (χ1) is 11.5. The molecule has 1 saturated heterocycles. The standard InChI is InChI=1S/C19H30N2O3/c1-4-19(14-22)8-10-21(11-9-19)15(2)18(23)20-13-16-6-5-7-17(12-16)24-3/h5-7,12,15,22H,4,8-11,13-14H2,1-3H3,(H,20,23). The summed E-state index contributed by atoms with van der Waals surface area (Å²) in [7, 11) is 1.64. The molecular formula is C19H30N2O3. The van der Waals surface area contributed by atoms with Crippen molar-refractivity contribution in [2.45, 2.75) is 45.7 Å². The van der Waals surface area contributed by atoms with Gasteiger partial charge in [-0.05, 0) is 62.4 Å². The monoisotopic (exact) mass is 334 g/mol. The number of carbonyl (C=O) groups excluding carboxylic acids is 1. The van der Waals surface area contributed by atoms with Gasteiger partial charge in [0.25, 0.3) is 0 Å². The van der Waals surface area contributed by atoms with Crippen LogP contribution in [-0.4, -0.2) is 48.8 Å². The van der Waals surface area contributed by atoms with Crippen LogP contribution in [0.5, 0.6) is 5.75 Å². The molecule has 0 bridgehead atoms. The molecule has 1 fully saturated rings. The second-order valence-corrected chi connectivity index (χ2v) is 6.79. The lowest BCUT2D eigenvalue weighted by atomic mass is 9.76. The van der Waals surface area contributed by atoms with Gasteiger partial charge < -0.3 is 15.2 Å². The topological polar surface area (TPSA) is 61.8 Å². The Bertz CT molecular complexity index is 533. The number of carbonyl (C=O) groups is 1. The van der Waals surface area contributed by atoms with E-state index in [2.05, 4.69) is 17.1 Å². The van der Waals surface area contributed by atoms with Crippen LogP contribution in [0.3, 0.4) is 0 Å². The molecule has 0 radical (unpaired) electrons. The number of ether oxygens (including phenoxy) is 1. The molecule has 2 rings (SSSR count). The van der Waals surface area contributed by atoms with Crippen LogP contribution in [0.2, 0.25) is 0 Å².